The Labute approximate surface area is 184 Å². The molecule has 0 spiro atoms. The maximum atomic E-state index is 15.1. The molecule has 0 heterocycles. The number of hydrogen-bond acceptors (Lipinski definition) is 2. The SMILES string of the molecule is Cc1ccc(P(=O)(c2ccc(C)cc2)c2cccc(C)c2-c2c(C)cccc2O)cc1. The van der Waals surface area contributed by atoms with Gasteiger partial charge in [-0.2, -0.15) is 0 Å². The molecule has 0 radical (unpaired) electrons. The average molecular weight is 426 g/mol. The van der Waals surface area contributed by atoms with Crippen molar-refractivity contribution in [3.05, 3.63) is 107 Å². The molecule has 0 atom stereocenters. The van der Waals surface area contributed by atoms with Gasteiger partial charge in [0.1, 0.15) is 5.75 Å². The van der Waals surface area contributed by atoms with Crippen molar-refractivity contribution in [3.63, 3.8) is 0 Å². The summed E-state index contributed by atoms with van der Waals surface area (Å²) < 4.78 is 15.1. The van der Waals surface area contributed by atoms with Gasteiger partial charge in [-0.05, 0) is 50.5 Å². The van der Waals surface area contributed by atoms with Crippen LogP contribution in [0, 0.1) is 27.7 Å². The largest absolute Gasteiger partial charge is 0.507 e. The molecule has 0 saturated carbocycles. The van der Waals surface area contributed by atoms with Crippen LogP contribution in [0.4, 0.5) is 0 Å². The molecule has 156 valence electrons. The van der Waals surface area contributed by atoms with Crippen molar-refractivity contribution in [1.82, 2.24) is 0 Å². The summed E-state index contributed by atoms with van der Waals surface area (Å²) in [5, 5.41) is 13.1. The Morgan fingerprint density at radius 3 is 1.52 bits per heavy atom. The van der Waals surface area contributed by atoms with Gasteiger partial charge in [-0.15, -0.1) is 0 Å². The summed E-state index contributed by atoms with van der Waals surface area (Å²) in [7, 11) is -3.20. The van der Waals surface area contributed by atoms with E-state index in [2.05, 4.69) is 0 Å². The first-order valence-corrected chi connectivity index (χ1v) is 12.2. The second-order valence-electron chi connectivity index (χ2n) is 8.22. The van der Waals surface area contributed by atoms with Gasteiger partial charge in [0, 0.05) is 21.5 Å². The Bertz CT molecular complexity index is 1220. The molecule has 31 heavy (non-hydrogen) atoms. The maximum absolute atomic E-state index is 15.1. The first-order chi connectivity index (χ1) is 14.8. The summed E-state index contributed by atoms with van der Waals surface area (Å²) in [4.78, 5) is 0. The van der Waals surface area contributed by atoms with Gasteiger partial charge in [0.15, 0.2) is 7.14 Å². The van der Waals surface area contributed by atoms with E-state index in [9.17, 15) is 5.11 Å². The smallest absolute Gasteiger partial charge is 0.171 e. The average Bonchev–Trinajstić information content (AvgIpc) is 2.75. The lowest BCUT2D eigenvalue weighted by atomic mass is 9.96. The molecular formula is C28H27O2P. The van der Waals surface area contributed by atoms with Crippen molar-refractivity contribution in [2.75, 3.05) is 0 Å². The maximum Gasteiger partial charge on any atom is 0.171 e. The van der Waals surface area contributed by atoms with Crippen molar-refractivity contribution in [2.45, 2.75) is 27.7 Å². The van der Waals surface area contributed by atoms with Gasteiger partial charge in [-0.3, -0.25) is 0 Å². The molecule has 0 aliphatic heterocycles. The highest BCUT2D eigenvalue weighted by atomic mass is 31.2. The second kappa shape index (κ2) is 8.21. The third-order valence-corrected chi connectivity index (χ3v) is 8.99. The van der Waals surface area contributed by atoms with Gasteiger partial charge in [0.2, 0.25) is 0 Å². The number of aryl methyl sites for hydroxylation is 4. The molecule has 4 aromatic rings. The molecule has 1 N–H and O–H groups in total. The molecule has 0 fully saturated rings. The molecule has 0 aliphatic rings. The molecule has 3 heteroatoms. The van der Waals surface area contributed by atoms with Crippen LogP contribution in [0.3, 0.4) is 0 Å². The fourth-order valence-electron chi connectivity index (χ4n) is 4.15. The van der Waals surface area contributed by atoms with E-state index in [0.717, 1.165) is 49.3 Å². The van der Waals surface area contributed by atoms with Crippen LogP contribution in [-0.2, 0) is 4.57 Å². The molecule has 0 saturated heterocycles. The molecule has 0 aromatic heterocycles. The van der Waals surface area contributed by atoms with Crippen LogP contribution in [0.1, 0.15) is 22.3 Å². The van der Waals surface area contributed by atoms with Crippen LogP contribution in [0.2, 0.25) is 0 Å². The van der Waals surface area contributed by atoms with E-state index in [1.807, 2.05) is 107 Å². The van der Waals surface area contributed by atoms with Crippen LogP contribution in [0.25, 0.3) is 11.1 Å². The van der Waals surface area contributed by atoms with Crippen LogP contribution in [0.5, 0.6) is 5.75 Å². The third-order valence-electron chi connectivity index (χ3n) is 5.89. The highest BCUT2D eigenvalue weighted by molar-refractivity contribution is 7.85. The van der Waals surface area contributed by atoms with Gasteiger partial charge in [-0.25, -0.2) is 0 Å². The van der Waals surface area contributed by atoms with E-state index in [4.69, 9.17) is 0 Å². The molecular weight excluding hydrogens is 399 g/mol. The van der Waals surface area contributed by atoms with Crippen LogP contribution in [-0.4, -0.2) is 5.11 Å². The highest BCUT2D eigenvalue weighted by Gasteiger charge is 2.33. The standard InChI is InChI=1S/C28H27O2P/c1-19-11-15-23(16-12-19)31(30,24-17-13-20(2)14-18-24)26-10-6-8-22(4)28(26)27-21(3)7-5-9-25(27)29/h5-18,29H,1-4H3. The van der Waals surface area contributed by atoms with E-state index in [-0.39, 0.29) is 5.75 Å². The minimum absolute atomic E-state index is 0.204. The number of hydrogen-bond donors (Lipinski definition) is 1. The minimum atomic E-state index is -3.20. The number of benzene rings is 4. The first-order valence-electron chi connectivity index (χ1n) is 10.5. The molecule has 0 bridgehead atoms. The van der Waals surface area contributed by atoms with Crippen molar-refractivity contribution >= 4 is 23.1 Å². The van der Waals surface area contributed by atoms with Crippen molar-refractivity contribution < 1.29 is 9.67 Å². The Morgan fingerprint density at radius 1 is 0.581 bits per heavy atom. The Hall–Kier alpha value is -3.09. The molecule has 0 amide bonds. The fraction of sp³-hybridized carbons (Fsp3) is 0.143. The Kier molecular flexibility index (Phi) is 5.60. The quantitative estimate of drug-likeness (QED) is 0.411. The number of phenols is 1. The molecule has 0 aliphatic carbocycles. The number of rotatable bonds is 4. The Balaban J connectivity index is 2.11. The van der Waals surface area contributed by atoms with Gasteiger partial charge in [0.25, 0.3) is 0 Å². The lowest BCUT2D eigenvalue weighted by Crippen LogP contribution is -2.27. The predicted octanol–water partition coefficient (Wildman–Crippen LogP) is 5.93. The number of aromatic hydroxyl groups is 1. The van der Waals surface area contributed by atoms with E-state index in [1.54, 1.807) is 6.07 Å². The van der Waals surface area contributed by atoms with Gasteiger partial charge in [0.05, 0.1) is 0 Å². The zero-order chi connectivity index (χ0) is 22.2. The summed E-state index contributed by atoms with van der Waals surface area (Å²) in [5.41, 5.74) is 5.79. The molecule has 0 unspecified atom stereocenters. The predicted molar refractivity (Wildman–Crippen MR) is 132 cm³/mol. The Morgan fingerprint density at radius 2 is 1.03 bits per heavy atom. The van der Waals surface area contributed by atoms with Crippen LogP contribution < -0.4 is 15.9 Å². The van der Waals surface area contributed by atoms with E-state index < -0.39 is 7.14 Å². The van der Waals surface area contributed by atoms with Gasteiger partial charge >= 0.3 is 0 Å². The van der Waals surface area contributed by atoms with Crippen molar-refractivity contribution in [3.8, 4) is 16.9 Å². The van der Waals surface area contributed by atoms with E-state index >= 15 is 4.57 Å². The summed E-state index contributed by atoms with van der Waals surface area (Å²) in [6, 6.07) is 27.4. The first kappa shape index (κ1) is 21.2. The summed E-state index contributed by atoms with van der Waals surface area (Å²) in [6.07, 6.45) is 0. The van der Waals surface area contributed by atoms with Crippen molar-refractivity contribution in [2.24, 2.45) is 0 Å². The van der Waals surface area contributed by atoms with Crippen LogP contribution in [0.15, 0.2) is 84.9 Å². The monoisotopic (exact) mass is 426 g/mol. The summed E-state index contributed by atoms with van der Waals surface area (Å²) >= 11 is 0. The lowest BCUT2D eigenvalue weighted by Gasteiger charge is -2.25. The minimum Gasteiger partial charge on any atom is -0.507 e. The molecule has 4 aromatic carbocycles. The fourth-order valence-corrected chi connectivity index (χ4v) is 7.05. The summed E-state index contributed by atoms with van der Waals surface area (Å²) in [6.45, 7) is 8.06. The highest BCUT2D eigenvalue weighted by Crippen LogP contribution is 2.47. The van der Waals surface area contributed by atoms with Crippen molar-refractivity contribution in [1.29, 1.82) is 0 Å². The van der Waals surface area contributed by atoms with Gasteiger partial charge < -0.3 is 9.67 Å². The van der Waals surface area contributed by atoms with Crippen LogP contribution >= 0.6 is 7.14 Å². The topological polar surface area (TPSA) is 37.3 Å². The second-order valence-corrected chi connectivity index (χ2v) is 11.0. The third kappa shape index (κ3) is 3.73. The number of phenolic OH excluding ortho intramolecular Hbond substituents is 1. The zero-order valence-corrected chi connectivity index (χ0v) is 19.3. The molecule has 4 rings (SSSR count). The lowest BCUT2D eigenvalue weighted by molar-refractivity contribution is 0.477. The van der Waals surface area contributed by atoms with E-state index in [0.29, 0.717) is 0 Å². The van der Waals surface area contributed by atoms with E-state index in [1.165, 1.54) is 0 Å². The summed E-state index contributed by atoms with van der Waals surface area (Å²) in [5.74, 6) is 0.204. The normalized spacial score (nSPS) is 11.5. The molecule has 2 nitrogen and oxygen atoms in total. The zero-order valence-electron chi connectivity index (χ0n) is 18.4. The van der Waals surface area contributed by atoms with Gasteiger partial charge in [-0.1, -0.05) is 90.0 Å².